The van der Waals surface area contributed by atoms with Crippen LogP contribution in [-0.4, -0.2) is 4.98 Å². The molecule has 0 radical (unpaired) electrons. The Hall–Kier alpha value is -0.830. The van der Waals surface area contributed by atoms with Crippen molar-refractivity contribution in [2.75, 3.05) is 0 Å². The Morgan fingerprint density at radius 3 is 2.64 bits per heavy atom. The minimum atomic E-state index is -0.185. The summed E-state index contributed by atoms with van der Waals surface area (Å²) in [6, 6.07) is 7.29. The largest absolute Gasteiger partial charge is 0.359 e. The van der Waals surface area contributed by atoms with Crippen LogP contribution in [0, 0.1) is 5.82 Å². The Kier molecular flexibility index (Phi) is 2.29. The van der Waals surface area contributed by atoms with Crippen LogP contribution in [0.4, 0.5) is 4.39 Å². The van der Waals surface area contributed by atoms with Crippen LogP contribution in [0.2, 0.25) is 0 Å². The molecule has 0 atom stereocenters. The molecule has 0 spiro atoms. The van der Waals surface area contributed by atoms with Gasteiger partial charge in [-0.25, -0.2) is 4.39 Å². The van der Waals surface area contributed by atoms with Crippen LogP contribution in [-0.2, 0) is 0 Å². The highest BCUT2D eigenvalue weighted by molar-refractivity contribution is 8.93. The lowest BCUT2D eigenvalue weighted by molar-refractivity contribution is 0.639. The van der Waals surface area contributed by atoms with E-state index in [0.717, 1.165) is 5.52 Å². The zero-order valence-corrected chi connectivity index (χ0v) is 7.39. The third-order valence-corrected chi connectivity index (χ3v) is 1.54. The van der Waals surface area contributed by atoms with E-state index in [2.05, 4.69) is 4.98 Å². The molecule has 0 bridgehead atoms. The summed E-state index contributed by atoms with van der Waals surface area (Å²) in [5, 5.41) is 0.655. The van der Waals surface area contributed by atoms with Crippen LogP contribution in [0.5, 0.6) is 0 Å². The number of aromatic amines is 1. The van der Waals surface area contributed by atoms with Gasteiger partial charge < -0.3 is 4.98 Å². The highest BCUT2D eigenvalue weighted by Gasteiger charge is 1.98. The molecule has 0 amide bonds. The molecular formula is C8H7BrFN. The molecule has 2 rings (SSSR count). The van der Waals surface area contributed by atoms with Gasteiger partial charge in [0.25, 0.3) is 0 Å². The second-order valence-corrected chi connectivity index (χ2v) is 2.18. The maximum atomic E-state index is 12.7. The second-order valence-electron chi connectivity index (χ2n) is 2.18. The van der Waals surface area contributed by atoms with Crippen LogP contribution in [0.3, 0.4) is 0 Å². The summed E-state index contributed by atoms with van der Waals surface area (Å²) >= 11 is 0. The van der Waals surface area contributed by atoms with Crippen LogP contribution in [0.1, 0.15) is 0 Å². The predicted octanol–water partition coefficient (Wildman–Crippen LogP) is 2.88. The summed E-state index contributed by atoms with van der Waals surface area (Å²) in [5.41, 5.74) is 0.847. The average Bonchev–Trinajstić information content (AvgIpc) is 2.34. The quantitative estimate of drug-likeness (QED) is 0.696. The van der Waals surface area contributed by atoms with Crippen molar-refractivity contribution in [3.05, 3.63) is 36.3 Å². The van der Waals surface area contributed by atoms with Gasteiger partial charge in [-0.3, -0.25) is 0 Å². The van der Waals surface area contributed by atoms with Gasteiger partial charge in [0.05, 0.1) is 0 Å². The third kappa shape index (κ3) is 1.28. The Balaban J connectivity index is 0.000000605. The van der Waals surface area contributed by atoms with Gasteiger partial charge in [0.2, 0.25) is 0 Å². The molecule has 1 aromatic carbocycles. The summed E-state index contributed by atoms with van der Waals surface area (Å²) in [6.07, 6.45) is 1.37. The molecule has 1 aromatic heterocycles. The van der Waals surface area contributed by atoms with Gasteiger partial charge in [-0.05, 0) is 12.1 Å². The van der Waals surface area contributed by atoms with E-state index in [1.807, 2.05) is 18.2 Å². The van der Waals surface area contributed by atoms with Crippen molar-refractivity contribution >= 4 is 27.9 Å². The SMILES string of the molecule is Br.Fc1c[nH]c2ccccc12. The molecule has 0 unspecified atom stereocenters. The normalized spacial score (nSPS) is 9.55. The summed E-state index contributed by atoms with van der Waals surface area (Å²) < 4.78 is 12.7. The molecule has 58 valence electrons. The molecule has 0 saturated carbocycles. The van der Waals surface area contributed by atoms with Crippen molar-refractivity contribution in [3.63, 3.8) is 0 Å². The zero-order valence-electron chi connectivity index (χ0n) is 5.67. The smallest absolute Gasteiger partial charge is 0.148 e. The lowest BCUT2D eigenvalue weighted by Gasteiger charge is -1.84. The van der Waals surface area contributed by atoms with Crippen LogP contribution >= 0.6 is 17.0 Å². The Morgan fingerprint density at radius 1 is 1.18 bits per heavy atom. The molecule has 1 N–H and O–H groups in total. The summed E-state index contributed by atoms with van der Waals surface area (Å²) in [6.45, 7) is 0. The van der Waals surface area contributed by atoms with E-state index in [4.69, 9.17) is 0 Å². The number of rotatable bonds is 0. The fraction of sp³-hybridized carbons (Fsp3) is 0. The van der Waals surface area contributed by atoms with E-state index >= 15 is 0 Å². The lowest BCUT2D eigenvalue weighted by Crippen LogP contribution is -1.65. The number of benzene rings is 1. The molecule has 1 heterocycles. The van der Waals surface area contributed by atoms with Crippen molar-refractivity contribution in [1.29, 1.82) is 0 Å². The highest BCUT2D eigenvalue weighted by Crippen LogP contribution is 2.14. The molecule has 0 saturated heterocycles. The zero-order chi connectivity index (χ0) is 6.97. The summed E-state index contributed by atoms with van der Waals surface area (Å²) in [5.74, 6) is -0.185. The van der Waals surface area contributed by atoms with Gasteiger partial charge in [-0.15, -0.1) is 17.0 Å². The monoisotopic (exact) mass is 215 g/mol. The molecule has 3 heteroatoms. The standard InChI is InChI=1S/C8H6FN.BrH/c9-7-5-10-8-4-2-1-3-6(7)8;/h1-5,10H;1H. The van der Waals surface area contributed by atoms with E-state index in [1.165, 1.54) is 6.20 Å². The molecule has 0 aliphatic rings. The molecule has 11 heavy (non-hydrogen) atoms. The van der Waals surface area contributed by atoms with E-state index < -0.39 is 0 Å². The maximum absolute atomic E-state index is 12.7. The number of aromatic nitrogens is 1. The number of halogens is 2. The van der Waals surface area contributed by atoms with Crippen LogP contribution < -0.4 is 0 Å². The molecule has 2 aromatic rings. The van der Waals surface area contributed by atoms with Crippen molar-refractivity contribution in [2.45, 2.75) is 0 Å². The molecule has 0 aliphatic heterocycles. The number of fused-ring (bicyclic) bond motifs is 1. The minimum absolute atomic E-state index is 0. The fourth-order valence-electron chi connectivity index (χ4n) is 1.04. The molecule has 0 fully saturated rings. The van der Waals surface area contributed by atoms with E-state index in [0.29, 0.717) is 5.39 Å². The third-order valence-electron chi connectivity index (χ3n) is 1.54. The maximum Gasteiger partial charge on any atom is 0.148 e. The first-order chi connectivity index (χ1) is 4.88. The van der Waals surface area contributed by atoms with Gasteiger partial charge in [-0.1, -0.05) is 12.1 Å². The van der Waals surface area contributed by atoms with Crippen molar-refractivity contribution in [1.82, 2.24) is 4.98 Å². The summed E-state index contributed by atoms with van der Waals surface area (Å²) in [4.78, 5) is 2.81. The number of para-hydroxylation sites is 1. The Labute approximate surface area is 74.0 Å². The van der Waals surface area contributed by atoms with Crippen LogP contribution in [0.15, 0.2) is 30.5 Å². The topological polar surface area (TPSA) is 15.8 Å². The lowest BCUT2D eigenvalue weighted by atomic mass is 10.2. The number of hydrogen-bond donors (Lipinski definition) is 1. The van der Waals surface area contributed by atoms with Gasteiger partial charge in [0.1, 0.15) is 5.82 Å². The fourth-order valence-corrected chi connectivity index (χ4v) is 1.04. The molecule has 1 nitrogen and oxygen atoms in total. The first-order valence-electron chi connectivity index (χ1n) is 3.09. The first-order valence-corrected chi connectivity index (χ1v) is 3.09. The van der Waals surface area contributed by atoms with E-state index in [-0.39, 0.29) is 22.8 Å². The van der Waals surface area contributed by atoms with E-state index in [9.17, 15) is 4.39 Å². The number of hydrogen-bond acceptors (Lipinski definition) is 0. The van der Waals surface area contributed by atoms with Gasteiger partial charge >= 0.3 is 0 Å². The first kappa shape index (κ1) is 8.27. The van der Waals surface area contributed by atoms with Gasteiger partial charge in [0.15, 0.2) is 0 Å². The van der Waals surface area contributed by atoms with Crippen LogP contribution in [0.25, 0.3) is 10.9 Å². The van der Waals surface area contributed by atoms with Crippen molar-refractivity contribution in [3.8, 4) is 0 Å². The number of nitrogens with one attached hydrogen (secondary N) is 1. The molecule has 0 aliphatic carbocycles. The van der Waals surface area contributed by atoms with Crippen molar-refractivity contribution in [2.24, 2.45) is 0 Å². The minimum Gasteiger partial charge on any atom is -0.359 e. The highest BCUT2D eigenvalue weighted by atomic mass is 79.9. The Morgan fingerprint density at radius 2 is 1.91 bits per heavy atom. The summed E-state index contributed by atoms with van der Waals surface area (Å²) in [7, 11) is 0. The van der Waals surface area contributed by atoms with Crippen molar-refractivity contribution < 1.29 is 4.39 Å². The van der Waals surface area contributed by atoms with Gasteiger partial charge in [0, 0.05) is 17.1 Å². The van der Waals surface area contributed by atoms with Gasteiger partial charge in [-0.2, -0.15) is 0 Å². The average molecular weight is 216 g/mol. The van der Waals surface area contributed by atoms with E-state index in [1.54, 1.807) is 6.07 Å². The molecular weight excluding hydrogens is 209 g/mol. The number of H-pyrrole nitrogens is 1. The predicted molar refractivity (Wildman–Crippen MR) is 48.6 cm³/mol. The Bertz CT molecular complexity index is 356. The second kappa shape index (κ2) is 3.05.